The molecule has 2 aromatic carbocycles. The van der Waals surface area contributed by atoms with Gasteiger partial charge in [0.2, 0.25) is 5.91 Å². The lowest BCUT2D eigenvalue weighted by molar-refractivity contribution is -0.123. The number of nitrogens with one attached hydrogen (secondary N) is 1. The maximum absolute atomic E-state index is 12.3. The lowest BCUT2D eigenvalue weighted by Crippen LogP contribution is -2.39. The molecule has 6 nitrogen and oxygen atoms in total. The Balaban J connectivity index is 1.97. The van der Waals surface area contributed by atoms with E-state index in [1.807, 2.05) is 37.3 Å². The summed E-state index contributed by atoms with van der Waals surface area (Å²) in [6.07, 6.45) is 0. The molecule has 0 fully saturated rings. The van der Waals surface area contributed by atoms with Crippen LogP contribution in [0, 0.1) is 6.92 Å². The summed E-state index contributed by atoms with van der Waals surface area (Å²) in [6, 6.07) is 13.2. The highest BCUT2D eigenvalue weighted by Crippen LogP contribution is 2.31. The van der Waals surface area contributed by atoms with Gasteiger partial charge in [-0.3, -0.25) is 9.59 Å². The van der Waals surface area contributed by atoms with E-state index in [0.717, 1.165) is 16.8 Å². The molecule has 6 heteroatoms. The number of ether oxygens (including phenoxy) is 2. The molecule has 29 heavy (non-hydrogen) atoms. The SMILES string of the molecule is COc1ccccc1OCC(=O)NCCN(C(C)=O)c1c(C)cccc1C(C)C. The molecule has 2 amide bonds. The number of carbonyl (C=O) groups is 2. The summed E-state index contributed by atoms with van der Waals surface area (Å²) in [7, 11) is 1.55. The van der Waals surface area contributed by atoms with Gasteiger partial charge in [-0.25, -0.2) is 0 Å². The minimum atomic E-state index is -0.256. The van der Waals surface area contributed by atoms with Crippen molar-refractivity contribution in [3.05, 3.63) is 53.6 Å². The van der Waals surface area contributed by atoms with Crippen LogP contribution in [0.25, 0.3) is 0 Å². The van der Waals surface area contributed by atoms with Crippen LogP contribution in [-0.2, 0) is 9.59 Å². The second-order valence-electron chi connectivity index (χ2n) is 7.13. The standard InChI is InChI=1S/C23H30N2O4/c1-16(2)19-10-8-9-17(3)23(19)25(18(4)26)14-13-24-22(27)15-29-21-12-7-6-11-20(21)28-5/h6-12,16H,13-15H2,1-5H3,(H,24,27). The fourth-order valence-electron chi connectivity index (χ4n) is 3.18. The number of methoxy groups -OCH3 is 1. The third-order valence-corrected chi connectivity index (χ3v) is 4.63. The molecule has 0 aliphatic rings. The van der Waals surface area contributed by atoms with E-state index in [-0.39, 0.29) is 24.3 Å². The molecule has 0 saturated carbocycles. The third kappa shape index (κ3) is 5.98. The van der Waals surface area contributed by atoms with Crippen LogP contribution in [0.3, 0.4) is 0 Å². The van der Waals surface area contributed by atoms with E-state index < -0.39 is 0 Å². The van der Waals surface area contributed by atoms with Crippen molar-refractivity contribution in [1.29, 1.82) is 0 Å². The molecule has 0 aromatic heterocycles. The number of benzene rings is 2. The third-order valence-electron chi connectivity index (χ3n) is 4.63. The second-order valence-corrected chi connectivity index (χ2v) is 7.13. The quantitative estimate of drug-likeness (QED) is 0.700. The van der Waals surface area contributed by atoms with Crippen LogP contribution in [0.15, 0.2) is 42.5 Å². The fourth-order valence-corrected chi connectivity index (χ4v) is 3.18. The summed E-state index contributed by atoms with van der Waals surface area (Å²) in [6.45, 7) is 8.35. The van der Waals surface area contributed by atoms with E-state index in [1.54, 1.807) is 31.1 Å². The van der Waals surface area contributed by atoms with Crippen molar-refractivity contribution >= 4 is 17.5 Å². The van der Waals surface area contributed by atoms with Gasteiger partial charge >= 0.3 is 0 Å². The van der Waals surface area contributed by atoms with Crippen molar-refractivity contribution in [2.24, 2.45) is 0 Å². The second kappa shape index (κ2) is 10.5. The molecule has 0 saturated heterocycles. The zero-order valence-electron chi connectivity index (χ0n) is 17.8. The van der Waals surface area contributed by atoms with Crippen molar-refractivity contribution in [3.8, 4) is 11.5 Å². The van der Waals surface area contributed by atoms with Crippen molar-refractivity contribution in [1.82, 2.24) is 5.32 Å². The average Bonchev–Trinajstić information content (AvgIpc) is 2.69. The number of amides is 2. The molecule has 0 atom stereocenters. The van der Waals surface area contributed by atoms with E-state index >= 15 is 0 Å². The normalized spacial score (nSPS) is 10.6. The Morgan fingerprint density at radius 2 is 1.76 bits per heavy atom. The van der Waals surface area contributed by atoms with Crippen LogP contribution >= 0.6 is 0 Å². The zero-order chi connectivity index (χ0) is 21.4. The zero-order valence-corrected chi connectivity index (χ0v) is 17.8. The summed E-state index contributed by atoms with van der Waals surface area (Å²) in [4.78, 5) is 26.2. The van der Waals surface area contributed by atoms with Gasteiger partial charge in [-0.1, -0.05) is 44.2 Å². The van der Waals surface area contributed by atoms with E-state index in [1.165, 1.54) is 0 Å². The number of carbonyl (C=O) groups excluding carboxylic acids is 2. The fraction of sp³-hybridized carbons (Fsp3) is 0.391. The van der Waals surface area contributed by atoms with Gasteiger partial charge in [-0.05, 0) is 36.1 Å². The van der Waals surface area contributed by atoms with Crippen LogP contribution in [0.1, 0.15) is 37.8 Å². The average molecular weight is 399 g/mol. The highest BCUT2D eigenvalue weighted by atomic mass is 16.5. The summed E-state index contributed by atoms with van der Waals surface area (Å²) >= 11 is 0. The van der Waals surface area contributed by atoms with Crippen molar-refractivity contribution < 1.29 is 19.1 Å². The molecule has 156 valence electrons. The monoisotopic (exact) mass is 398 g/mol. The Kier molecular flexibility index (Phi) is 8.07. The molecular weight excluding hydrogens is 368 g/mol. The molecular formula is C23H30N2O4. The molecule has 0 radical (unpaired) electrons. The van der Waals surface area contributed by atoms with Gasteiger partial charge in [0.05, 0.1) is 12.8 Å². The predicted octanol–water partition coefficient (Wildman–Crippen LogP) is 3.68. The van der Waals surface area contributed by atoms with Crippen LogP contribution in [-0.4, -0.2) is 38.6 Å². The van der Waals surface area contributed by atoms with Crippen LogP contribution in [0.2, 0.25) is 0 Å². The molecule has 0 bridgehead atoms. The molecule has 2 aromatic rings. The van der Waals surface area contributed by atoms with Gasteiger partial charge in [0.25, 0.3) is 5.91 Å². The number of anilines is 1. The Hall–Kier alpha value is -3.02. The molecule has 0 heterocycles. The summed E-state index contributed by atoms with van der Waals surface area (Å²) in [5.74, 6) is 1.06. The van der Waals surface area contributed by atoms with E-state index in [4.69, 9.17) is 9.47 Å². The Labute approximate surface area is 172 Å². The molecule has 1 N–H and O–H groups in total. The summed E-state index contributed by atoms with van der Waals surface area (Å²) in [5, 5.41) is 2.82. The first-order valence-electron chi connectivity index (χ1n) is 9.75. The van der Waals surface area contributed by atoms with E-state index in [2.05, 4.69) is 19.2 Å². The highest BCUT2D eigenvalue weighted by Gasteiger charge is 2.19. The van der Waals surface area contributed by atoms with Crippen molar-refractivity contribution in [3.63, 3.8) is 0 Å². The van der Waals surface area contributed by atoms with E-state index in [9.17, 15) is 9.59 Å². The number of para-hydroxylation sites is 3. The maximum Gasteiger partial charge on any atom is 0.258 e. The van der Waals surface area contributed by atoms with Gasteiger partial charge in [0, 0.05) is 20.0 Å². The molecule has 0 aliphatic heterocycles. The molecule has 0 spiro atoms. The molecule has 2 rings (SSSR count). The smallest absolute Gasteiger partial charge is 0.258 e. The van der Waals surface area contributed by atoms with Crippen molar-refractivity contribution in [2.45, 2.75) is 33.6 Å². The number of hydrogen-bond donors (Lipinski definition) is 1. The first-order valence-corrected chi connectivity index (χ1v) is 9.75. The van der Waals surface area contributed by atoms with E-state index in [0.29, 0.717) is 24.6 Å². The minimum absolute atomic E-state index is 0.0549. The highest BCUT2D eigenvalue weighted by molar-refractivity contribution is 5.93. The van der Waals surface area contributed by atoms with Gasteiger partial charge in [-0.15, -0.1) is 0 Å². The Bertz CT molecular complexity index is 849. The Morgan fingerprint density at radius 1 is 1.07 bits per heavy atom. The largest absolute Gasteiger partial charge is 0.493 e. The lowest BCUT2D eigenvalue weighted by Gasteiger charge is -2.27. The van der Waals surface area contributed by atoms with Gasteiger partial charge in [-0.2, -0.15) is 0 Å². The predicted molar refractivity (Wildman–Crippen MR) is 115 cm³/mol. The van der Waals surface area contributed by atoms with Crippen molar-refractivity contribution in [2.75, 3.05) is 31.7 Å². The molecule has 0 unspecified atom stereocenters. The van der Waals surface area contributed by atoms with Gasteiger partial charge in [0.15, 0.2) is 18.1 Å². The van der Waals surface area contributed by atoms with Crippen LogP contribution < -0.4 is 19.7 Å². The minimum Gasteiger partial charge on any atom is -0.493 e. The van der Waals surface area contributed by atoms with Gasteiger partial charge in [0.1, 0.15) is 0 Å². The van der Waals surface area contributed by atoms with Crippen LogP contribution in [0.5, 0.6) is 11.5 Å². The van der Waals surface area contributed by atoms with Crippen LogP contribution in [0.4, 0.5) is 5.69 Å². The maximum atomic E-state index is 12.3. The topological polar surface area (TPSA) is 67.9 Å². The number of nitrogens with zero attached hydrogens (tertiary/aromatic N) is 1. The molecule has 0 aliphatic carbocycles. The Morgan fingerprint density at radius 3 is 2.38 bits per heavy atom. The summed E-state index contributed by atoms with van der Waals surface area (Å²) in [5.41, 5.74) is 3.08. The number of aryl methyl sites for hydroxylation is 1. The van der Waals surface area contributed by atoms with Gasteiger partial charge < -0.3 is 19.7 Å². The number of rotatable bonds is 9. The first kappa shape index (κ1) is 22.3. The lowest BCUT2D eigenvalue weighted by atomic mass is 9.97. The summed E-state index contributed by atoms with van der Waals surface area (Å²) < 4.78 is 10.7. The number of hydrogen-bond acceptors (Lipinski definition) is 4. The first-order chi connectivity index (χ1) is 13.8.